The number of guanidine groups is 1. The Balaban J connectivity index is 0.00000529. The number of aliphatic imine (C=N–C) groups is 1. The van der Waals surface area contributed by atoms with Gasteiger partial charge >= 0.3 is 0 Å². The van der Waals surface area contributed by atoms with Gasteiger partial charge < -0.3 is 16.0 Å². The zero-order valence-corrected chi connectivity index (χ0v) is 17.5. The number of nitrogens with one attached hydrogen (secondary N) is 3. The number of rotatable bonds is 8. The number of para-hydroxylation sites is 1. The van der Waals surface area contributed by atoms with Crippen LogP contribution in [0.3, 0.4) is 0 Å². The minimum Gasteiger partial charge on any atom is -0.354 e. The fourth-order valence-electron chi connectivity index (χ4n) is 2.22. The number of hydrogen-bond donors (Lipinski definition) is 3. The third-order valence-electron chi connectivity index (χ3n) is 3.50. The van der Waals surface area contributed by atoms with Gasteiger partial charge in [0.15, 0.2) is 5.96 Å². The van der Waals surface area contributed by atoms with E-state index in [9.17, 15) is 4.79 Å². The Morgan fingerprint density at radius 2 is 1.79 bits per heavy atom. The monoisotopic (exact) mass is 446 g/mol. The first-order chi connectivity index (χ1) is 11.0. The summed E-state index contributed by atoms with van der Waals surface area (Å²) in [6.07, 6.45) is 3.52. The second-order valence-electron chi connectivity index (χ2n) is 6.21. The van der Waals surface area contributed by atoms with E-state index in [0.717, 1.165) is 18.0 Å². The van der Waals surface area contributed by atoms with Crippen LogP contribution in [0.5, 0.6) is 0 Å². The number of benzene rings is 1. The summed E-state index contributed by atoms with van der Waals surface area (Å²) in [6, 6.07) is 9.76. The maximum absolute atomic E-state index is 11.9. The van der Waals surface area contributed by atoms with Crippen LogP contribution in [0.1, 0.15) is 40.0 Å². The Morgan fingerprint density at radius 3 is 2.38 bits per heavy atom. The van der Waals surface area contributed by atoms with Gasteiger partial charge in [-0.05, 0) is 31.4 Å². The Bertz CT molecular complexity index is 491. The standard InChI is InChI=1S/C18H30N4O.HI/c1-14(2)9-8-10-15(3)21-18(19-4)20-13-17(23)22-16-11-6-5-7-12-16;/h5-7,11-12,14-15H,8-10,13H2,1-4H3,(H,22,23)(H2,19,20,21);1H. The zero-order chi connectivity index (χ0) is 17.1. The van der Waals surface area contributed by atoms with Crippen molar-refractivity contribution in [3.63, 3.8) is 0 Å². The summed E-state index contributed by atoms with van der Waals surface area (Å²) in [5.74, 6) is 1.30. The van der Waals surface area contributed by atoms with Crippen LogP contribution in [0.4, 0.5) is 5.69 Å². The normalized spacial score (nSPS) is 12.3. The van der Waals surface area contributed by atoms with Crippen LogP contribution < -0.4 is 16.0 Å². The van der Waals surface area contributed by atoms with Gasteiger partial charge in [0, 0.05) is 18.8 Å². The molecule has 0 saturated heterocycles. The van der Waals surface area contributed by atoms with Gasteiger partial charge in [0.1, 0.15) is 0 Å². The van der Waals surface area contributed by atoms with E-state index in [1.165, 1.54) is 12.8 Å². The highest BCUT2D eigenvalue weighted by Crippen LogP contribution is 2.08. The topological polar surface area (TPSA) is 65.5 Å². The van der Waals surface area contributed by atoms with Crippen LogP contribution in [0.2, 0.25) is 0 Å². The van der Waals surface area contributed by atoms with Crippen LogP contribution in [-0.2, 0) is 4.79 Å². The Labute approximate surface area is 163 Å². The molecule has 5 nitrogen and oxygen atoms in total. The minimum absolute atomic E-state index is 0. The zero-order valence-electron chi connectivity index (χ0n) is 15.1. The van der Waals surface area contributed by atoms with Gasteiger partial charge in [0.2, 0.25) is 5.91 Å². The molecule has 3 N–H and O–H groups in total. The predicted molar refractivity (Wildman–Crippen MR) is 113 cm³/mol. The quantitative estimate of drug-likeness (QED) is 0.325. The molecule has 0 bridgehead atoms. The molecule has 0 saturated carbocycles. The summed E-state index contributed by atoms with van der Waals surface area (Å²) >= 11 is 0. The number of anilines is 1. The largest absolute Gasteiger partial charge is 0.354 e. The highest BCUT2D eigenvalue weighted by molar-refractivity contribution is 14.0. The maximum Gasteiger partial charge on any atom is 0.243 e. The molecule has 6 heteroatoms. The second kappa shape index (κ2) is 13.0. The Morgan fingerprint density at radius 1 is 1.12 bits per heavy atom. The van der Waals surface area contributed by atoms with Gasteiger partial charge in [-0.15, -0.1) is 24.0 Å². The molecule has 0 fully saturated rings. The van der Waals surface area contributed by atoms with Gasteiger partial charge in [-0.1, -0.05) is 44.9 Å². The smallest absolute Gasteiger partial charge is 0.243 e. The molecule has 1 aromatic rings. The molecule has 0 radical (unpaired) electrons. The molecule has 0 heterocycles. The molecule has 1 unspecified atom stereocenters. The molecule has 1 amide bonds. The van der Waals surface area contributed by atoms with Crippen LogP contribution in [0.25, 0.3) is 0 Å². The lowest BCUT2D eigenvalue weighted by molar-refractivity contribution is -0.115. The van der Waals surface area contributed by atoms with Crippen molar-refractivity contribution in [1.82, 2.24) is 10.6 Å². The second-order valence-corrected chi connectivity index (χ2v) is 6.21. The van der Waals surface area contributed by atoms with Crippen molar-refractivity contribution in [2.24, 2.45) is 10.9 Å². The third kappa shape index (κ3) is 10.5. The van der Waals surface area contributed by atoms with Crippen molar-refractivity contribution in [3.8, 4) is 0 Å². The summed E-state index contributed by atoms with van der Waals surface area (Å²) in [6.45, 7) is 6.80. The van der Waals surface area contributed by atoms with Gasteiger partial charge in [-0.3, -0.25) is 9.79 Å². The summed E-state index contributed by atoms with van der Waals surface area (Å²) in [7, 11) is 1.71. The molecule has 1 atom stereocenters. The molecule has 0 aliphatic heterocycles. The van der Waals surface area contributed by atoms with E-state index in [2.05, 4.69) is 41.7 Å². The van der Waals surface area contributed by atoms with Crippen molar-refractivity contribution in [2.45, 2.75) is 46.1 Å². The van der Waals surface area contributed by atoms with Crippen molar-refractivity contribution in [3.05, 3.63) is 30.3 Å². The molecule has 0 aromatic heterocycles. The molecule has 1 aromatic carbocycles. The first kappa shape index (κ1) is 22.7. The number of carbonyl (C=O) groups excluding carboxylic acids is 1. The fraction of sp³-hybridized carbons (Fsp3) is 0.556. The number of carbonyl (C=O) groups is 1. The van der Waals surface area contributed by atoms with Crippen LogP contribution in [-0.4, -0.2) is 31.5 Å². The molecule has 1 rings (SSSR count). The van der Waals surface area contributed by atoms with Gasteiger partial charge in [-0.25, -0.2) is 0 Å². The van der Waals surface area contributed by atoms with Gasteiger partial charge in [0.25, 0.3) is 0 Å². The summed E-state index contributed by atoms with van der Waals surface area (Å²) in [5.41, 5.74) is 0.796. The Hall–Kier alpha value is -1.31. The third-order valence-corrected chi connectivity index (χ3v) is 3.50. The predicted octanol–water partition coefficient (Wildman–Crippen LogP) is 3.62. The van der Waals surface area contributed by atoms with E-state index >= 15 is 0 Å². The SMILES string of the molecule is CN=C(NCC(=O)Nc1ccccc1)NC(C)CCCC(C)C.I. The molecular weight excluding hydrogens is 415 g/mol. The number of hydrogen-bond acceptors (Lipinski definition) is 2. The summed E-state index contributed by atoms with van der Waals surface area (Å²) < 4.78 is 0. The molecule has 0 spiro atoms. The van der Waals surface area contributed by atoms with Crippen LogP contribution in [0.15, 0.2) is 35.3 Å². The number of amides is 1. The molecule has 0 aliphatic carbocycles. The molecule has 0 aliphatic rings. The maximum atomic E-state index is 11.9. The van der Waals surface area contributed by atoms with Gasteiger partial charge in [-0.2, -0.15) is 0 Å². The first-order valence-electron chi connectivity index (χ1n) is 8.33. The first-order valence-corrected chi connectivity index (χ1v) is 8.33. The minimum atomic E-state index is -0.0911. The summed E-state index contributed by atoms with van der Waals surface area (Å²) in [4.78, 5) is 16.1. The van der Waals surface area contributed by atoms with E-state index in [1.807, 2.05) is 30.3 Å². The van der Waals surface area contributed by atoms with E-state index in [-0.39, 0.29) is 36.4 Å². The van der Waals surface area contributed by atoms with Crippen LogP contribution >= 0.6 is 24.0 Å². The lowest BCUT2D eigenvalue weighted by Gasteiger charge is -2.18. The van der Waals surface area contributed by atoms with E-state index in [0.29, 0.717) is 12.0 Å². The lowest BCUT2D eigenvalue weighted by atomic mass is 10.0. The molecule has 24 heavy (non-hydrogen) atoms. The molecular formula is C18H31IN4O. The number of halogens is 1. The number of nitrogens with zero attached hydrogens (tertiary/aromatic N) is 1. The summed E-state index contributed by atoms with van der Waals surface area (Å²) in [5, 5.41) is 9.20. The van der Waals surface area contributed by atoms with Crippen molar-refractivity contribution >= 4 is 41.5 Å². The van der Waals surface area contributed by atoms with E-state index in [4.69, 9.17) is 0 Å². The average Bonchev–Trinajstić information content (AvgIpc) is 2.52. The van der Waals surface area contributed by atoms with Crippen molar-refractivity contribution in [1.29, 1.82) is 0 Å². The van der Waals surface area contributed by atoms with Crippen molar-refractivity contribution in [2.75, 3.05) is 18.9 Å². The van der Waals surface area contributed by atoms with Crippen molar-refractivity contribution < 1.29 is 4.79 Å². The Kier molecular flexibility index (Phi) is 12.3. The highest BCUT2D eigenvalue weighted by atomic mass is 127. The van der Waals surface area contributed by atoms with E-state index in [1.54, 1.807) is 7.05 Å². The van der Waals surface area contributed by atoms with Gasteiger partial charge in [0.05, 0.1) is 6.54 Å². The van der Waals surface area contributed by atoms with E-state index < -0.39 is 0 Å². The fourth-order valence-corrected chi connectivity index (χ4v) is 2.22. The highest BCUT2D eigenvalue weighted by Gasteiger charge is 2.08. The average molecular weight is 446 g/mol. The van der Waals surface area contributed by atoms with Crippen LogP contribution in [0, 0.1) is 5.92 Å². The lowest BCUT2D eigenvalue weighted by Crippen LogP contribution is -2.44. The molecule has 136 valence electrons.